The maximum absolute atomic E-state index is 14.1. The van der Waals surface area contributed by atoms with Crippen molar-refractivity contribution in [1.29, 1.82) is 0 Å². The van der Waals surface area contributed by atoms with Crippen LogP contribution in [-0.4, -0.2) is 9.13 Å². The topological polar surface area (TPSA) is 9.86 Å². The van der Waals surface area contributed by atoms with Crippen molar-refractivity contribution in [3.63, 3.8) is 0 Å². The average molecular weight is 951 g/mol. The van der Waals surface area contributed by atoms with Crippen molar-refractivity contribution in [3.05, 3.63) is 155 Å². The summed E-state index contributed by atoms with van der Waals surface area (Å²) in [6, 6.07) is 39.0. The molecule has 0 aliphatic heterocycles. The van der Waals surface area contributed by atoms with Crippen molar-refractivity contribution in [2.75, 3.05) is 0 Å². The van der Waals surface area contributed by atoms with Gasteiger partial charge in [-0.25, -0.2) is 0 Å². The Morgan fingerprint density at radius 1 is 0.386 bits per heavy atom. The fourth-order valence-electron chi connectivity index (χ4n) is 13.8. The van der Waals surface area contributed by atoms with Gasteiger partial charge in [0, 0.05) is 32.9 Å². The smallest absolute Gasteiger partial charge is 0.309 e. The number of rotatable bonds is 8. The van der Waals surface area contributed by atoms with Gasteiger partial charge in [-0.1, -0.05) is 128 Å². The molecular weight excluding hydrogens is 887 g/mol. The minimum absolute atomic E-state index is 0.144. The molecule has 0 N–H and O–H groups in total. The Kier molecular flexibility index (Phi) is 12.2. The first-order valence-electron chi connectivity index (χ1n) is 26.2. The molecule has 3 saturated carbocycles. The van der Waals surface area contributed by atoms with Crippen molar-refractivity contribution in [1.82, 2.24) is 9.13 Å². The van der Waals surface area contributed by atoms with Crippen molar-refractivity contribution < 1.29 is 26.3 Å². The number of aromatic nitrogens is 2. The second-order valence-electron chi connectivity index (χ2n) is 21.9. The van der Waals surface area contributed by atoms with Gasteiger partial charge in [-0.2, -0.15) is 26.3 Å². The predicted octanol–water partition coefficient (Wildman–Crippen LogP) is 19.2. The number of alkyl halides is 6. The molecule has 3 aliphatic rings. The molecule has 8 aromatic rings. The van der Waals surface area contributed by atoms with Gasteiger partial charge < -0.3 is 9.13 Å². The maximum atomic E-state index is 14.1. The van der Waals surface area contributed by atoms with E-state index in [-0.39, 0.29) is 16.7 Å². The third kappa shape index (κ3) is 8.43. The van der Waals surface area contributed by atoms with Crippen molar-refractivity contribution in [2.24, 2.45) is 23.7 Å². The molecule has 8 heteroatoms. The minimum Gasteiger partial charge on any atom is -0.309 e. The molecule has 364 valence electrons. The van der Waals surface area contributed by atoms with Gasteiger partial charge in [0.2, 0.25) is 0 Å². The van der Waals surface area contributed by atoms with E-state index in [9.17, 15) is 26.3 Å². The van der Waals surface area contributed by atoms with Crippen molar-refractivity contribution in [3.8, 4) is 11.4 Å². The van der Waals surface area contributed by atoms with E-state index in [4.69, 9.17) is 0 Å². The van der Waals surface area contributed by atoms with Crippen LogP contribution < -0.4 is 0 Å². The second kappa shape index (κ2) is 18.3. The van der Waals surface area contributed by atoms with E-state index in [0.717, 1.165) is 30.0 Å². The third-order valence-electron chi connectivity index (χ3n) is 17.3. The molecule has 0 bridgehead atoms. The molecule has 2 aromatic heterocycles. The Bertz CT molecular complexity index is 3040. The molecule has 4 atom stereocenters. The van der Waals surface area contributed by atoms with Crippen LogP contribution in [0.4, 0.5) is 26.3 Å². The summed E-state index contributed by atoms with van der Waals surface area (Å²) < 4.78 is 88.8. The van der Waals surface area contributed by atoms with Gasteiger partial charge in [-0.3, -0.25) is 0 Å². The van der Waals surface area contributed by atoms with Crippen LogP contribution in [0.25, 0.3) is 55.0 Å². The summed E-state index contributed by atoms with van der Waals surface area (Å²) >= 11 is 0. The standard InChI is InChI=1S/C62H64F6N2/c1-37(2)43-19-29-55-51(33-43)52-34-44(38(3)4)20-30-56(52)69(55)47-23-15-41(16-24-47)59-49(39-11-7-5-8-12-39)27-28-50(40-13-9-6-10-14-40)60(59)42-17-25-48(26-18-42)70-57-31-21-45(61(63,64)65)35-53(57)54-36-46(62(66,67)68)22-32-58(54)70/h15-26,29-40,49-50,59-60H,5-14,27-28H2,1-4H3/t49?,50?,59-,60?/m0/s1. The van der Waals surface area contributed by atoms with Crippen LogP contribution in [0, 0.1) is 23.7 Å². The van der Waals surface area contributed by atoms with E-state index in [1.54, 1.807) is 0 Å². The van der Waals surface area contributed by atoms with Crippen LogP contribution in [0.5, 0.6) is 0 Å². The molecular formula is C62H64F6N2. The van der Waals surface area contributed by atoms with Crippen LogP contribution in [0.15, 0.2) is 121 Å². The van der Waals surface area contributed by atoms with E-state index >= 15 is 0 Å². The van der Waals surface area contributed by atoms with Crippen LogP contribution in [0.1, 0.15) is 162 Å². The Hall–Kier alpha value is -5.50. The zero-order valence-electron chi connectivity index (χ0n) is 40.8. The zero-order valence-corrected chi connectivity index (χ0v) is 40.8. The molecule has 0 spiro atoms. The van der Waals surface area contributed by atoms with Gasteiger partial charge in [0.1, 0.15) is 0 Å². The summed E-state index contributed by atoms with van der Waals surface area (Å²) in [6.45, 7) is 9.03. The molecule has 0 radical (unpaired) electrons. The molecule has 3 fully saturated rings. The molecule has 2 heterocycles. The monoisotopic (exact) mass is 950 g/mol. The fourth-order valence-corrected chi connectivity index (χ4v) is 13.8. The largest absolute Gasteiger partial charge is 0.416 e. The van der Waals surface area contributed by atoms with Crippen molar-refractivity contribution in [2.45, 2.75) is 141 Å². The summed E-state index contributed by atoms with van der Waals surface area (Å²) in [7, 11) is 0. The van der Waals surface area contributed by atoms with Crippen molar-refractivity contribution >= 4 is 43.6 Å². The Morgan fingerprint density at radius 2 is 0.714 bits per heavy atom. The minimum atomic E-state index is -4.65. The lowest BCUT2D eigenvalue weighted by atomic mass is 9.54. The Labute approximate surface area is 408 Å². The third-order valence-corrected chi connectivity index (χ3v) is 17.3. The van der Waals surface area contributed by atoms with Crippen LogP contribution in [-0.2, 0) is 12.4 Å². The Morgan fingerprint density at radius 3 is 1.04 bits per heavy atom. The summed E-state index contributed by atoms with van der Waals surface area (Å²) in [6.07, 6.45) is 5.78. The van der Waals surface area contributed by atoms with E-state index in [2.05, 4.69) is 117 Å². The SMILES string of the molecule is CC(C)c1ccc2c(c1)c1cc(C(C)C)ccc1n2-c1ccc([C@H]2C(C3CCCCC3)CCC(C3CCCCC3)C2c2ccc(-n3c4ccc(C(F)(F)F)cc4c4cc(C(F)(F)F)ccc43)cc2)cc1. The quantitative estimate of drug-likeness (QED) is 0.134. The molecule has 0 saturated heterocycles. The molecule has 0 amide bonds. The predicted molar refractivity (Wildman–Crippen MR) is 275 cm³/mol. The van der Waals surface area contributed by atoms with E-state index in [1.165, 1.54) is 133 Å². The molecule has 3 unspecified atom stereocenters. The fraction of sp³-hybridized carbons (Fsp3) is 0.419. The first-order chi connectivity index (χ1) is 33.6. The van der Waals surface area contributed by atoms with Gasteiger partial charge in [0.25, 0.3) is 0 Å². The highest BCUT2D eigenvalue weighted by Gasteiger charge is 2.46. The number of hydrogen-bond donors (Lipinski definition) is 0. The lowest BCUT2D eigenvalue weighted by Gasteiger charge is -2.50. The number of hydrogen-bond acceptors (Lipinski definition) is 0. The first-order valence-corrected chi connectivity index (χ1v) is 26.2. The van der Waals surface area contributed by atoms with Gasteiger partial charge in [0.05, 0.1) is 33.2 Å². The van der Waals surface area contributed by atoms with Crippen LogP contribution in [0.2, 0.25) is 0 Å². The highest BCUT2D eigenvalue weighted by molar-refractivity contribution is 6.11. The molecule has 3 aliphatic carbocycles. The number of fused-ring (bicyclic) bond motifs is 6. The molecule has 70 heavy (non-hydrogen) atoms. The van der Waals surface area contributed by atoms with Crippen LogP contribution in [0.3, 0.4) is 0 Å². The lowest BCUT2D eigenvalue weighted by Crippen LogP contribution is -2.39. The lowest BCUT2D eigenvalue weighted by molar-refractivity contribution is -0.138. The summed E-state index contributed by atoms with van der Waals surface area (Å²) in [5.41, 5.74) is 8.73. The van der Waals surface area contributed by atoms with E-state index < -0.39 is 23.5 Å². The van der Waals surface area contributed by atoms with Gasteiger partial charge >= 0.3 is 12.4 Å². The van der Waals surface area contributed by atoms with Gasteiger partial charge in [0.15, 0.2) is 0 Å². The normalized spacial score (nSPS) is 21.3. The summed E-state index contributed by atoms with van der Waals surface area (Å²) in [5.74, 6) is 3.67. The van der Waals surface area contributed by atoms with Gasteiger partial charge in [-0.15, -0.1) is 0 Å². The highest BCUT2D eigenvalue weighted by Crippen LogP contribution is 2.58. The molecule has 6 aromatic carbocycles. The zero-order chi connectivity index (χ0) is 48.6. The number of halogens is 6. The summed E-state index contributed by atoms with van der Waals surface area (Å²) in [5, 5.41) is 2.86. The van der Waals surface area contributed by atoms with Crippen LogP contribution >= 0.6 is 0 Å². The number of nitrogens with zero attached hydrogens (tertiary/aromatic N) is 2. The maximum Gasteiger partial charge on any atom is 0.416 e. The number of benzene rings is 6. The second-order valence-corrected chi connectivity index (χ2v) is 21.9. The summed E-state index contributed by atoms with van der Waals surface area (Å²) in [4.78, 5) is 0. The first kappa shape index (κ1) is 46.9. The molecule has 2 nitrogen and oxygen atoms in total. The average Bonchev–Trinajstić information content (AvgIpc) is 3.87. The Balaban J connectivity index is 1.04. The molecule has 11 rings (SSSR count). The van der Waals surface area contributed by atoms with E-state index in [1.807, 2.05) is 4.57 Å². The van der Waals surface area contributed by atoms with Gasteiger partial charge in [-0.05, 0) is 167 Å². The highest BCUT2D eigenvalue weighted by atomic mass is 19.4. The van der Waals surface area contributed by atoms with E-state index in [0.29, 0.717) is 58.1 Å².